The van der Waals surface area contributed by atoms with Gasteiger partial charge in [0.2, 0.25) is 0 Å². The Morgan fingerprint density at radius 1 is 0.733 bits per heavy atom. The first-order valence-corrected chi connectivity index (χ1v) is 18.0. The summed E-state index contributed by atoms with van der Waals surface area (Å²) in [6.07, 6.45) is 23.7. The Morgan fingerprint density at radius 3 is 1.98 bits per heavy atom. The Balaban J connectivity index is 1.45. The second-order valence-electron chi connectivity index (χ2n) is 14.5. The van der Waals surface area contributed by atoms with Gasteiger partial charge in [-0.25, -0.2) is 9.28 Å². The third kappa shape index (κ3) is 5.73. The Hall–Kier alpha value is -3.11. The average Bonchev–Trinajstić information content (AvgIpc) is 3.19. The van der Waals surface area contributed by atoms with Crippen molar-refractivity contribution in [3.8, 4) is 5.75 Å². The first kappa shape index (κ1) is 31.9. The molecule has 1 N–H and O–H groups in total. The van der Waals surface area contributed by atoms with Crippen LogP contribution in [0.1, 0.15) is 128 Å². The van der Waals surface area contributed by atoms with Crippen LogP contribution in [0.2, 0.25) is 0 Å². The average molecular weight is 609 g/mol. The molecule has 3 atom stereocenters. The quantitative estimate of drug-likeness (QED) is 0.280. The van der Waals surface area contributed by atoms with Crippen molar-refractivity contribution in [1.29, 1.82) is 0 Å². The molecule has 3 unspecified atom stereocenters. The summed E-state index contributed by atoms with van der Waals surface area (Å²) in [4.78, 5) is 13.6. The molecule has 4 heteroatoms. The molecule has 240 valence electrons. The van der Waals surface area contributed by atoms with Crippen LogP contribution < -0.4 is 9.22 Å². The SMILES string of the molecule is CC1(C)c2ccccc2[N+]2(CCCCCCCCCCCCCCCCCC2C(=O)O)C12C=Cc1c(ccc3ccccc13)O2. The Bertz CT molecular complexity index is 1510. The van der Waals surface area contributed by atoms with Crippen molar-refractivity contribution in [2.24, 2.45) is 0 Å². The third-order valence-corrected chi connectivity index (χ3v) is 11.5. The van der Waals surface area contributed by atoms with Crippen LogP contribution in [0.4, 0.5) is 5.69 Å². The molecule has 0 radical (unpaired) electrons. The van der Waals surface area contributed by atoms with Gasteiger partial charge in [-0.2, -0.15) is 0 Å². The van der Waals surface area contributed by atoms with Crippen molar-refractivity contribution in [3.63, 3.8) is 0 Å². The van der Waals surface area contributed by atoms with E-state index in [1.54, 1.807) is 0 Å². The van der Waals surface area contributed by atoms with E-state index >= 15 is 0 Å². The molecule has 0 saturated carbocycles. The minimum Gasteiger partial charge on any atom is -0.477 e. The predicted molar refractivity (Wildman–Crippen MR) is 188 cm³/mol. The standard InChI is InChI=1S/C41H53NO3/c1-40(2)35-24-19-20-25-36(35)42(41(40)30-29-34-33-23-18-17-22-32(33)27-28-38(34)45-41)31-21-15-13-11-9-7-5-3-4-6-8-10-12-14-16-26-37(42)39(43)44/h17-20,22-25,27-30,37H,3-16,21,26,31H2,1-2H3/p+1. The van der Waals surface area contributed by atoms with Crippen molar-refractivity contribution in [3.05, 3.63) is 77.9 Å². The smallest absolute Gasteiger partial charge is 0.363 e. The molecule has 3 aliphatic rings. The molecule has 4 nitrogen and oxygen atoms in total. The summed E-state index contributed by atoms with van der Waals surface area (Å²) < 4.78 is 7.76. The van der Waals surface area contributed by atoms with E-state index in [4.69, 9.17) is 4.74 Å². The number of hydrogen-bond donors (Lipinski definition) is 1. The van der Waals surface area contributed by atoms with Crippen LogP contribution in [-0.2, 0) is 10.2 Å². The highest BCUT2D eigenvalue weighted by atomic mass is 16.5. The number of benzene rings is 3. The summed E-state index contributed by atoms with van der Waals surface area (Å²) in [5.74, 6) is 0.156. The topological polar surface area (TPSA) is 46.5 Å². The number of rotatable bonds is 1. The molecule has 3 heterocycles. The second kappa shape index (κ2) is 13.7. The normalized spacial score (nSPS) is 28.0. The molecule has 0 amide bonds. The summed E-state index contributed by atoms with van der Waals surface area (Å²) in [5, 5.41) is 13.6. The van der Waals surface area contributed by atoms with Gasteiger partial charge in [-0.05, 0) is 62.1 Å². The van der Waals surface area contributed by atoms with Crippen LogP contribution in [0.25, 0.3) is 16.8 Å². The van der Waals surface area contributed by atoms with E-state index in [0.717, 1.165) is 49.2 Å². The van der Waals surface area contributed by atoms with Crippen molar-refractivity contribution >= 4 is 28.5 Å². The van der Waals surface area contributed by atoms with E-state index in [9.17, 15) is 9.90 Å². The van der Waals surface area contributed by atoms with Gasteiger partial charge in [0.05, 0.1) is 12.0 Å². The van der Waals surface area contributed by atoms with Crippen LogP contribution in [0.15, 0.2) is 66.7 Å². The number of ether oxygens (including phenoxy) is 1. The fourth-order valence-corrected chi connectivity index (χ4v) is 9.08. The summed E-state index contributed by atoms with van der Waals surface area (Å²) in [6.45, 7) is 5.32. The van der Waals surface area contributed by atoms with Gasteiger partial charge in [-0.3, -0.25) is 0 Å². The molecule has 0 bridgehead atoms. The molecule has 3 aromatic rings. The molecule has 45 heavy (non-hydrogen) atoms. The molecule has 0 aromatic heterocycles. The summed E-state index contributed by atoms with van der Waals surface area (Å²) in [5.41, 5.74) is 2.10. The number of para-hydroxylation sites is 1. The maximum Gasteiger partial charge on any atom is 0.363 e. The lowest BCUT2D eigenvalue weighted by Crippen LogP contribution is -2.76. The highest BCUT2D eigenvalue weighted by Crippen LogP contribution is 2.61. The maximum absolute atomic E-state index is 13.6. The summed E-state index contributed by atoms with van der Waals surface area (Å²) in [7, 11) is 0. The molecule has 3 aromatic carbocycles. The molecule has 2 spiro atoms. The number of aliphatic carboxylic acids is 1. The number of carboxylic acid groups (broad SMARTS) is 1. The molecule has 1 fully saturated rings. The van der Waals surface area contributed by atoms with Crippen LogP contribution >= 0.6 is 0 Å². The van der Waals surface area contributed by atoms with Crippen molar-refractivity contribution < 1.29 is 14.6 Å². The largest absolute Gasteiger partial charge is 0.477 e. The number of carbonyl (C=O) groups is 1. The minimum atomic E-state index is -0.881. The first-order chi connectivity index (χ1) is 21.9. The Kier molecular flexibility index (Phi) is 9.71. The van der Waals surface area contributed by atoms with Gasteiger partial charge in [0.1, 0.15) is 11.4 Å². The molecule has 1 saturated heterocycles. The van der Waals surface area contributed by atoms with Gasteiger partial charge in [0, 0.05) is 23.6 Å². The zero-order valence-electron chi connectivity index (χ0n) is 27.7. The summed E-state index contributed by atoms with van der Waals surface area (Å²) in [6, 6.07) is 20.8. The highest BCUT2D eigenvalue weighted by molar-refractivity contribution is 5.94. The van der Waals surface area contributed by atoms with E-state index < -0.39 is 23.2 Å². The van der Waals surface area contributed by atoms with E-state index in [0.29, 0.717) is 10.9 Å². The number of hydrogen-bond acceptors (Lipinski definition) is 2. The van der Waals surface area contributed by atoms with Crippen molar-refractivity contribution in [2.75, 3.05) is 6.54 Å². The lowest BCUT2D eigenvalue weighted by Gasteiger charge is -2.54. The van der Waals surface area contributed by atoms with Gasteiger partial charge in [-0.1, -0.05) is 126 Å². The maximum atomic E-state index is 13.6. The van der Waals surface area contributed by atoms with Crippen LogP contribution in [0.3, 0.4) is 0 Å². The van der Waals surface area contributed by atoms with E-state index in [-0.39, 0.29) is 0 Å². The fourth-order valence-electron chi connectivity index (χ4n) is 9.08. The van der Waals surface area contributed by atoms with E-state index in [1.165, 1.54) is 87.0 Å². The lowest BCUT2D eigenvalue weighted by atomic mass is 9.75. The number of carboxylic acids is 1. The number of fused-ring (bicyclic) bond motifs is 6. The predicted octanol–water partition coefficient (Wildman–Crippen LogP) is 10.9. The zero-order valence-corrected chi connectivity index (χ0v) is 27.7. The lowest BCUT2D eigenvalue weighted by molar-refractivity contribution is -0.155. The van der Waals surface area contributed by atoms with Crippen molar-refractivity contribution in [2.45, 2.75) is 134 Å². The first-order valence-electron chi connectivity index (χ1n) is 18.0. The third-order valence-electron chi connectivity index (χ3n) is 11.5. The zero-order chi connectivity index (χ0) is 31.3. The van der Waals surface area contributed by atoms with Crippen LogP contribution in [0, 0.1) is 0 Å². The number of nitrogens with zero attached hydrogens (tertiary/aromatic N) is 1. The van der Waals surface area contributed by atoms with Crippen molar-refractivity contribution in [1.82, 2.24) is 4.48 Å². The highest BCUT2D eigenvalue weighted by Gasteiger charge is 2.73. The van der Waals surface area contributed by atoms with E-state index in [1.807, 2.05) is 0 Å². The second-order valence-corrected chi connectivity index (χ2v) is 14.5. The molecule has 6 rings (SSSR count). The fraction of sp³-hybridized carbons (Fsp3) is 0.537. The Morgan fingerprint density at radius 2 is 1.31 bits per heavy atom. The van der Waals surface area contributed by atoms with Gasteiger partial charge < -0.3 is 9.84 Å². The molecule has 0 aliphatic carbocycles. The van der Waals surface area contributed by atoms with Gasteiger partial charge in [0.15, 0.2) is 6.04 Å². The Labute approximate surface area is 271 Å². The minimum absolute atomic E-state index is 0.328. The monoisotopic (exact) mass is 608 g/mol. The molecule has 3 aliphatic heterocycles. The van der Waals surface area contributed by atoms with Gasteiger partial charge in [-0.15, -0.1) is 0 Å². The molecular formula is C41H54NO3+. The molecular weight excluding hydrogens is 554 g/mol. The van der Waals surface area contributed by atoms with Crippen LogP contribution in [-0.4, -0.2) is 29.4 Å². The number of quaternary nitrogens is 1. The van der Waals surface area contributed by atoms with E-state index in [2.05, 4.69) is 86.7 Å². The van der Waals surface area contributed by atoms with Gasteiger partial charge in [0.25, 0.3) is 5.72 Å². The van der Waals surface area contributed by atoms with Crippen LogP contribution in [0.5, 0.6) is 5.75 Å². The summed E-state index contributed by atoms with van der Waals surface area (Å²) >= 11 is 0. The van der Waals surface area contributed by atoms with Gasteiger partial charge >= 0.3 is 5.97 Å².